The lowest BCUT2D eigenvalue weighted by Gasteiger charge is -2.48. The molecule has 0 amide bonds. The highest BCUT2D eigenvalue weighted by Gasteiger charge is 2.53. The Morgan fingerprint density at radius 3 is 2.44 bits per heavy atom. The molecule has 3 fully saturated rings. The second kappa shape index (κ2) is 3.46. The number of rotatable bonds is 2. The highest BCUT2D eigenvalue weighted by molar-refractivity contribution is 5.05. The third kappa shape index (κ3) is 1.70. The quantitative estimate of drug-likeness (QED) is 0.781. The summed E-state index contributed by atoms with van der Waals surface area (Å²) >= 11 is 0. The molecule has 2 heteroatoms. The van der Waals surface area contributed by atoms with E-state index in [0.29, 0.717) is 11.5 Å². The zero-order valence-electron chi connectivity index (χ0n) is 10.7. The first-order valence-electron chi connectivity index (χ1n) is 6.92. The largest absolute Gasteiger partial charge is 0.375 e. The van der Waals surface area contributed by atoms with E-state index in [2.05, 4.69) is 13.8 Å². The monoisotopic (exact) mass is 223 g/mol. The molecule has 2 N–H and O–H groups in total. The average Bonchev–Trinajstić information content (AvgIpc) is 2.85. The highest BCUT2D eigenvalue weighted by Crippen LogP contribution is 2.56. The summed E-state index contributed by atoms with van der Waals surface area (Å²) in [4.78, 5) is 0. The smallest absolute Gasteiger partial charge is 0.0685 e. The number of ether oxygens (including phenoxy) is 1. The van der Waals surface area contributed by atoms with Gasteiger partial charge in [-0.1, -0.05) is 13.8 Å². The normalized spacial score (nSPS) is 41.4. The van der Waals surface area contributed by atoms with Crippen molar-refractivity contribution in [3.8, 4) is 0 Å². The van der Waals surface area contributed by atoms with Gasteiger partial charge >= 0.3 is 0 Å². The predicted molar refractivity (Wildman–Crippen MR) is 65.1 cm³/mol. The van der Waals surface area contributed by atoms with E-state index < -0.39 is 0 Å². The predicted octanol–water partition coefficient (Wildman–Crippen LogP) is 2.71. The molecular formula is C14H25NO. The average molecular weight is 223 g/mol. The van der Waals surface area contributed by atoms with Gasteiger partial charge in [0.15, 0.2) is 0 Å². The zero-order chi connectivity index (χ0) is 11.4. The molecule has 1 spiro atoms. The van der Waals surface area contributed by atoms with E-state index in [0.717, 1.165) is 18.4 Å². The van der Waals surface area contributed by atoms with Crippen molar-refractivity contribution < 1.29 is 4.74 Å². The molecule has 1 saturated heterocycles. The first-order valence-corrected chi connectivity index (χ1v) is 6.92. The molecule has 1 heterocycles. The Morgan fingerprint density at radius 1 is 1.25 bits per heavy atom. The standard InChI is InChI=1S/C14H25NO/c1-13(2)9-11(13)12(15)10-4-7-16-14(8-10)5-3-6-14/h10-12H,3-9,15H2,1-2H3. The van der Waals surface area contributed by atoms with Crippen molar-refractivity contribution in [3.63, 3.8) is 0 Å². The summed E-state index contributed by atoms with van der Waals surface area (Å²) in [5, 5.41) is 0. The molecule has 0 aromatic heterocycles. The maximum atomic E-state index is 6.47. The van der Waals surface area contributed by atoms with Gasteiger partial charge in [-0.2, -0.15) is 0 Å². The van der Waals surface area contributed by atoms with Crippen molar-refractivity contribution in [2.45, 2.75) is 64.0 Å². The van der Waals surface area contributed by atoms with Crippen LogP contribution in [-0.4, -0.2) is 18.2 Å². The first-order chi connectivity index (χ1) is 7.53. The van der Waals surface area contributed by atoms with Crippen LogP contribution in [-0.2, 0) is 4.74 Å². The van der Waals surface area contributed by atoms with Crippen LogP contribution in [0.4, 0.5) is 0 Å². The molecule has 0 aromatic rings. The SMILES string of the molecule is CC1(C)CC1C(N)C1CCOC2(CCC2)C1. The molecule has 2 aliphatic carbocycles. The molecule has 3 rings (SSSR count). The summed E-state index contributed by atoms with van der Waals surface area (Å²) in [6.07, 6.45) is 7.68. The maximum absolute atomic E-state index is 6.47. The third-order valence-electron chi connectivity index (χ3n) is 5.39. The zero-order valence-corrected chi connectivity index (χ0v) is 10.7. The van der Waals surface area contributed by atoms with Crippen LogP contribution in [0.1, 0.15) is 52.4 Å². The molecule has 1 aliphatic heterocycles. The number of nitrogens with two attached hydrogens (primary N) is 1. The van der Waals surface area contributed by atoms with Crippen LogP contribution in [0, 0.1) is 17.3 Å². The van der Waals surface area contributed by atoms with Crippen molar-refractivity contribution in [2.24, 2.45) is 23.0 Å². The summed E-state index contributed by atoms with van der Waals surface area (Å²) in [6, 6.07) is 0.427. The van der Waals surface area contributed by atoms with Gasteiger partial charge in [0.2, 0.25) is 0 Å². The molecule has 16 heavy (non-hydrogen) atoms. The lowest BCUT2D eigenvalue weighted by molar-refractivity contribution is -0.146. The van der Waals surface area contributed by atoms with Crippen LogP contribution in [0.2, 0.25) is 0 Å². The van der Waals surface area contributed by atoms with E-state index in [4.69, 9.17) is 10.5 Å². The Morgan fingerprint density at radius 2 is 1.94 bits per heavy atom. The van der Waals surface area contributed by atoms with Gasteiger partial charge in [0, 0.05) is 12.6 Å². The van der Waals surface area contributed by atoms with Crippen LogP contribution in [0.15, 0.2) is 0 Å². The van der Waals surface area contributed by atoms with Gasteiger partial charge in [-0.25, -0.2) is 0 Å². The van der Waals surface area contributed by atoms with E-state index in [9.17, 15) is 0 Å². The van der Waals surface area contributed by atoms with E-state index in [1.165, 1.54) is 38.5 Å². The maximum Gasteiger partial charge on any atom is 0.0685 e. The fraction of sp³-hybridized carbons (Fsp3) is 1.00. The topological polar surface area (TPSA) is 35.2 Å². The minimum absolute atomic E-state index is 0.263. The lowest BCUT2D eigenvalue weighted by Crippen LogP contribution is -2.50. The van der Waals surface area contributed by atoms with Gasteiger partial charge in [0.1, 0.15) is 0 Å². The van der Waals surface area contributed by atoms with Crippen LogP contribution in [0.5, 0.6) is 0 Å². The molecular weight excluding hydrogens is 198 g/mol. The number of hydrogen-bond donors (Lipinski definition) is 1. The summed E-state index contributed by atoms with van der Waals surface area (Å²) in [7, 11) is 0. The lowest BCUT2D eigenvalue weighted by atomic mass is 9.69. The van der Waals surface area contributed by atoms with Gasteiger partial charge in [-0.3, -0.25) is 0 Å². The minimum atomic E-state index is 0.263. The molecule has 0 aromatic carbocycles. The highest BCUT2D eigenvalue weighted by atomic mass is 16.5. The Hall–Kier alpha value is -0.0800. The Labute approximate surface area is 98.9 Å². The van der Waals surface area contributed by atoms with Crippen LogP contribution >= 0.6 is 0 Å². The molecule has 0 bridgehead atoms. The fourth-order valence-corrected chi connectivity index (χ4v) is 3.81. The van der Waals surface area contributed by atoms with Crippen molar-refractivity contribution in [3.05, 3.63) is 0 Å². The summed E-state index contributed by atoms with van der Waals surface area (Å²) in [5.74, 6) is 1.49. The third-order valence-corrected chi connectivity index (χ3v) is 5.39. The van der Waals surface area contributed by atoms with Gasteiger partial charge < -0.3 is 10.5 Å². The minimum Gasteiger partial charge on any atom is -0.375 e. The van der Waals surface area contributed by atoms with E-state index in [-0.39, 0.29) is 5.60 Å². The summed E-state index contributed by atoms with van der Waals surface area (Å²) in [5.41, 5.74) is 7.26. The molecule has 3 aliphatic rings. The van der Waals surface area contributed by atoms with Crippen molar-refractivity contribution >= 4 is 0 Å². The van der Waals surface area contributed by atoms with E-state index in [1.54, 1.807) is 0 Å². The molecule has 92 valence electrons. The van der Waals surface area contributed by atoms with Crippen molar-refractivity contribution in [1.29, 1.82) is 0 Å². The van der Waals surface area contributed by atoms with E-state index >= 15 is 0 Å². The van der Waals surface area contributed by atoms with E-state index in [1.807, 2.05) is 0 Å². The molecule has 3 unspecified atom stereocenters. The Bertz CT molecular complexity index is 282. The summed E-state index contributed by atoms with van der Waals surface area (Å²) < 4.78 is 5.98. The fourth-order valence-electron chi connectivity index (χ4n) is 3.81. The Kier molecular flexibility index (Phi) is 2.38. The molecule has 2 saturated carbocycles. The van der Waals surface area contributed by atoms with Gasteiger partial charge in [0.25, 0.3) is 0 Å². The second-order valence-corrected chi connectivity index (χ2v) is 7.01. The molecule has 0 radical (unpaired) electrons. The van der Waals surface area contributed by atoms with Crippen molar-refractivity contribution in [1.82, 2.24) is 0 Å². The Balaban J connectivity index is 1.62. The summed E-state index contributed by atoms with van der Waals surface area (Å²) in [6.45, 7) is 5.66. The van der Waals surface area contributed by atoms with Crippen LogP contribution < -0.4 is 5.73 Å². The van der Waals surface area contributed by atoms with Gasteiger partial charge in [-0.15, -0.1) is 0 Å². The molecule has 2 nitrogen and oxygen atoms in total. The number of hydrogen-bond acceptors (Lipinski definition) is 2. The van der Waals surface area contributed by atoms with Gasteiger partial charge in [0.05, 0.1) is 5.60 Å². The van der Waals surface area contributed by atoms with Gasteiger partial charge in [-0.05, 0) is 55.8 Å². The first kappa shape index (κ1) is 11.0. The molecule has 3 atom stereocenters. The van der Waals surface area contributed by atoms with Crippen LogP contribution in [0.3, 0.4) is 0 Å². The van der Waals surface area contributed by atoms with Crippen molar-refractivity contribution in [2.75, 3.05) is 6.61 Å². The van der Waals surface area contributed by atoms with Crippen LogP contribution in [0.25, 0.3) is 0 Å². The second-order valence-electron chi connectivity index (χ2n) is 7.01.